The molecule has 1 aromatic heterocycles. The lowest BCUT2D eigenvalue weighted by molar-refractivity contribution is -0.123. The molecule has 3 rings (SSSR count). The van der Waals surface area contributed by atoms with Crippen molar-refractivity contribution in [1.29, 1.82) is 0 Å². The van der Waals surface area contributed by atoms with Crippen LogP contribution in [0.4, 0.5) is 5.69 Å². The third-order valence-corrected chi connectivity index (χ3v) is 4.46. The van der Waals surface area contributed by atoms with Crippen LogP contribution in [0.3, 0.4) is 0 Å². The van der Waals surface area contributed by atoms with Crippen molar-refractivity contribution in [2.75, 3.05) is 11.9 Å². The second-order valence-electron chi connectivity index (χ2n) is 6.80. The molecule has 3 aromatic rings. The van der Waals surface area contributed by atoms with Gasteiger partial charge in [-0.05, 0) is 35.4 Å². The van der Waals surface area contributed by atoms with Crippen molar-refractivity contribution >= 4 is 17.5 Å². The number of anilines is 1. The van der Waals surface area contributed by atoms with Crippen LogP contribution in [0, 0.1) is 5.92 Å². The molecule has 0 aliphatic rings. The van der Waals surface area contributed by atoms with E-state index in [0.29, 0.717) is 17.1 Å². The molecule has 0 saturated heterocycles. The van der Waals surface area contributed by atoms with Gasteiger partial charge in [0.2, 0.25) is 11.7 Å². The van der Waals surface area contributed by atoms with Crippen LogP contribution >= 0.6 is 0 Å². The largest absolute Gasteiger partial charge is 0.366 e. The fourth-order valence-corrected chi connectivity index (χ4v) is 2.87. The van der Waals surface area contributed by atoms with E-state index in [-0.39, 0.29) is 11.8 Å². The lowest BCUT2D eigenvalue weighted by Gasteiger charge is -2.25. The lowest BCUT2D eigenvalue weighted by atomic mass is 10.0. The van der Waals surface area contributed by atoms with Gasteiger partial charge in [0.25, 0.3) is 5.91 Å². The lowest BCUT2D eigenvalue weighted by Crippen LogP contribution is -2.38. The Morgan fingerprint density at radius 3 is 2.25 bits per heavy atom. The first kappa shape index (κ1) is 19.2. The standard InChI is InChI=1S/C20H22N6O2/c1-13(2)17(26-23-19(22-24-26)15-7-5-4-6-8-15)20(28)25(3)16-11-9-14(10-12-16)18(21)27/h4-13,17H,1-3H3,(H2,21,27). The summed E-state index contributed by atoms with van der Waals surface area (Å²) in [4.78, 5) is 27.3. The van der Waals surface area contributed by atoms with E-state index in [1.807, 2.05) is 44.2 Å². The predicted octanol–water partition coefficient (Wildman–Crippen LogP) is 2.30. The molecular weight excluding hydrogens is 356 g/mol. The van der Waals surface area contributed by atoms with Crippen molar-refractivity contribution in [2.45, 2.75) is 19.9 Å². The van der Waals surface area contributed by atoms with Gasteiger partial charge in [-0.3, -0.25) is 9.59 Å². The highest BCUT2D eigenvalue weighted by Crippen LogP contribution is 2.23. The smallest absolute Gasteiger partial charge is 0.253 e. The number of benzene rings is 2. The van der Waals surface area contributed by atoms with E-state index in [1.165, 1.54) is 9.70 Å². The van der Waals surface area contributed by atoms with Gasteiger partial charge in [0.05, 0.1) is 0 Å². The average molecular weight is 378 g/mol. The summed E-state index contributed by atoms with van der Waals surface area (Å²) in [7, 11) is 1.67. The van der Waals surface area contributed by atoms with Crippen molar-refractivity contribution < 1.29 is 9.59 Å². The quantitative estimate of drug-likeness (QED) is 0.708. The number of rotatable bonds is 6. The molecule has 1 heterocycles. The molecule has 2 N–H and O–H groups in total. The maximum atomic E-state index is 13.2. The molecule has 144 valence electrons. The van der Waals surface area contributed by atoms with Crippen LogP contribution in [0.15, 0.2) is 54.6 Å². The fraction of sp³-hybridized carbons (Fsp3) is 0.250. The van der Waals surface area contributed by atoms with Gasteiger partial charge >= 0.3 is 0 Å². The first-order valence-corrected chi connectivity index (χ1v) is 8.91. The number of carbonyl (C=O) groups is 2. The van der Waals surface area contributed by atoms with Crippen LogP contribution in [-0.4, -0.2) is 39.1 Å². The molecule has 2 amide bonds. The number of hydrogen-bond acceptors (Lipinski definition) is 5. The molecule has 0 radical (unpaired) electrons. The SMILES string of the molecule is CC(C)C(C(=O)N(C)c1ccc(C(N)=O)cc1)n1nnc(-c2ccccc2)n1. The van der Waals surface area contributed by atoms with E-state index >= 15 is 0 Å². The van der Waals surface area contributed by atoms with Gasteiger partial charge in [-0.2, -0.15) is 4.80 Å². The normalized spacial score (nSPS) is 12.0. The molecule has 1 unspecified atom stereocenters. The van der Waals surface area contributed by atoms with Crippen LogP contribution in [0.5, 0.6) is 0 Å². The third kappa shape index (κ3) is 3.90. The molecule has 0 fully saturated rings. The number of hydrogen-bond donors (Lipinski definition) is 1. The maximum absolute atomic E-state index is 13.2. The number of likely N-dealkylation sites (N-methyl/N-ethyl adjacent to an activating group) is 1. The number of tetrazole rings is 1. The van der Waals surface area contributed by atoms with E-state index in [1.54, 1.807) is 31.3 Å². The Hall–Kier alpha value is -3.55. The zero-order valence-electron chi connectivity index (χ0n) is 16.0. The second kappa shape index (κ2) is 7.99. The van der Waals surface area contributed by atoms with E-state index in [0.717, 1.165) is 5.56 Å². The molecule has 1 atom stereocenters. The summed E-state index contributed by atoms with van der Waals surface area (Å²) >= 11 is 0. The first-order valence-electron chi connectivity index (χ1n) is 8.91. The highest BCUT2D eigenvalue weighted by atomic mass is 16.2. The molecule has 2 aromatic carbocycles. The maximum Gasteiger partial charge on any atom is 0.253 e. The number of aromatic nitrogens is 4. The number of carbonyl (C=O) groups excluding carboxylic acids is 2. The fourth-order valence-electron chi connectivity index (χ4n) is 2.87. The van der Waals surface area contributed by atoms with Crippen molar-refractivity contribution in [1.82, 2.24) is 20.2 Å². The average Bonchev–Trinajstić information content (AvgIpc) is 3.17. The Balaban J connectivity index is 1.86. The molecule has 28 heavy (non-hydrogen) atoms. The summed E-state index contributed by atoms with van der Waals surface area (Å²) in [6.45, 7) is 3.86. The highest BCUT2D eigenvalue weighted by molar-refractivity contribution is 5.97. The number of nitrogens with zero attached hydrogens (tertiary/aromatic N) is 5. The Morgan fingerprint density at radius 2 is 1.68 bits per heavy atom. The number of amides is 2. The molecule has 8 nitrogen and oxygen atoms in total. The molecule has 0 aliphatic heterocycles. The van der Waals surface area contributed by atoms with Gasteiger partial charge < -0.3 is 10.6 Å². The van der Waals surface area contributed by atoms with E-state index < -0.39 is 11.9 Å². The van der Waals surface area contributed by atoms with Crippen molar-refractivity contribution in [3.63, 3.8) is 0 Å². The minimum absolute atomic E-state index is 0.0577. The topological polar surface area (TPSA) is 107 Å². The summed E-state index contributed by atoms with van der Waals surface area (Å²) in [5.74, 6) is -0.287. The molecular formula is C20H22N6O2. The molecule has 0 aliphatic carbocycles. The van der Waals surface area contributed by atoms with Crippen LogP contribution in [0.25, 0.3) is 11.4 Å². The van der Waals surface area contributed by atoms with Gasteiger partial charge in [-0.15, -0.1) is 10.2 Å². The highest BCUT2D eigenvalue weighted by Gasteiger charge is 2.30. The van der Waals surface area contributed by atoms with Gasteiger partial charge in [0.1, 0.15) is 0 Å². The zero-order chi connectivity index (χ0) is 20.3. The monoisotopic (exact) mass is 378 g/mol. The molecule has 8 heteroatoms. The van der Waals surface area contributed by atoms with Crippen LogP contribution < -0.4 is 10.6 Å². The summed E-state index contributed by atoms with van der Waals surface area (Å²) in [6, 6.07) is 15.4. The Labute approximate surface area is 163 Å². The Kier molecular flexibility index (Phi) is 5.49. The minimum Gasteiger partial charge on any atom is -0.366 e. The third-order valence-electron chi connectivity index (χ3n) is 4.46. The number of primary amides is 1. The van der Waals surface area contributed by atoms with Crippen LogP contribution in [-0.2, 0) is 4.79 Å². The van der Waals surface area contributed by atoms with Gasteiger partial charge in [-0.1, -0.05) is 44.2 Å². The molecule has 0 spiro atoms. The second-order valence-corrected chi connectivity index (χ2v) is 6.80. The van der Waals surface area contributed by atoms with Crippen molar-refractivity contribution in [3.05, 3.63) is 60.2 Å². The predicted molar refractivity (Wildman–Crippen MR) is 105 cm³/mol. The summed E-state index contributed by atoms with van der Waals surface area (Å²) in [5.41, 5.74) is 7.13. The zero-order valence-corrected chi connectivity index (χ0v) is 16.0. The summed E-state index contributed by atoms with van der Waals surface area (Å²) in [5, 5.41) is 12.6. The van der Waals surface area contributed by atoms with Crippen LogP contribution in [0.1, 0.15) is 30.2 Å². The summed E-state index contributed by atoms with van der Waals surface area (Å²) < 4.78 is 0. The van der Waals surface area contributed by atoms with Gasteiger partial charge in [0, 0.05) is 23.9 Å². The molecule has 0 bridgehead atoms. The van der Waals surface area contributed by atoms with Crippen molar-refractivity contribution in [3.8, 4) is 11.4 Å². The van der Waals surface area contributed by atoms with E-state index in [9.17, 15) is 9.59 Å². The van der Waals surface area contributed by atoms with E-state index in [4.69, 9.17) is 5.73 Å². The van der Waals surface area contributed by atoms with Crippen molar-refractivity contribution in [2.24, 2.45) is 11.7 Å². The minimum atomic E-state index is -0.620. The molecule has 0 saturated carbocycles. The number of nitrogens with two attached hydrogens (primary N) is 1. The first-order chi connectivity index (χ1) is 13.4. The summed E-state index contributed by atoms with van der Waals surface area (Å²) in [6.07, 6.45) is 0. The Morgan fingerprint density at radius 1 is 1.04 bits per heavy atom. The Bertz CT molecular complexity index is 966. The van der Waals surface area contributed by atoms with Crippen LogP contribution in [0.2, 0.25) is 0 Å². The van der Waals surface area contributed by atoms with Gasteiger partial charge in [0.15, 0.2) is 6.04 Å². The van der Waals surface area contributed by atoms with Gasteiger partial charge in [-0.25, -0.2) is 0 Å². The van der Waals surface area contributed by atoms with E-state index in [2.05, 4.69) is 15.4 Å².